The van der Waals surface area contributed by atoms with Crippen LogP contribution in [0.4, 0.5) is 0 Å². The number of methoxy groups -OCH3 is 2. The standard InChI is InChI=1S/C13H16BrNO4/c1-17-8-3-4-12(10(14)5-8)19-9-6-11(15-7-9)13(16)18-2/h3-5,9,11,15H,6-7H2,1-2H3/t9-,11-/m0/s1. The van der Waals surface area contributed by atoms with Crippen molar-refractivity contribution in [1.82, 2.24) is 5.32 Å². The second kappa shape index (κ2) is 6.25. The van der Waals surface area contributed by atoms with Crippen molar-refractivity contribution in [3.8, 4) is 11.5 Å². The molecule has 5 nitrogen and oxygen atoms in total. The number of ether oxygens (including phenoxy) is 3. The largest absolute Gasteiger partial charge is 0.497 e. The lowest BCUT2D eigenvalue weighted by atomic mass is 10.2. The van der Waals surface area contributed by atoms with Gasteiger partial charge in [0.2, 0.25) is 0 Å². The van der Waals surface area contributed by atoms with Crippen molar-refractivity contribution in [2.45, 2.75) is 18.6 Å². The Kier molecular flexibility index (Phi) is 4.66. The van der Waals surface area contributed by atoms with Crippen LogP contribution in [0.15, 0.2) is 22.7 Å². The minimum atomic E-state index is -0.285. The molecule has 0 bridgehead atoms. The van der Waals surface area contributed by atoms with Gasteiger partial charge in [-0.2, -0.15) is 0 Å². The Morgan fingerprint density at radius 1 is 1.42 bits per heavy atom. The van der Waals surface area contributed by atoms with Gasteiger partial charge in [-0.15, -0.1) is 0 Å². The predicted molar refractivity (Wildman–Crippen MR) is 73.5 cm³/mol. The van der Waals surface area contributed by atoms with Crippen LogP contribution < -0.4 is 14.8 Å². The van der Waals surface area contributed by atoms with Crippen molar-refractivity contribution in [1.29, 1.82) is 0 Å². The molecule has 1 aliphatic heterocycles. The van der Waals surface area contributed by atoms with E-state index in [-0.39, 0.29) is 18.1 Å². The molecule has 1 N–H and O–H groups in total. The lowest BCUT2D eigenvalue weighted by Gasteiger charge is -2.14. The molecule has 0 saturated carbocycles. The van der Waals surface area contributed by atoms with Gasteiger partial charge < -0.3 is 19.5 Å². The van der Waals surface area contributed by atoms with Crippen LogP contribution in [0.5, 0.6) is 11.5 Å². The van der Waals surface area contributed by atoms with E-state index in [1.165, 1.54) is 7.11 Å². The molecule has 2 atom stereocenters. The van der Waals surface area contributed by atoms with E-state index in [1.807, 2.05) is 18.2 Å². The van der Waals surface area contributed by atoms with E-state index in [4.69, 9.17) is 14.2 Å². The first-order valence-corrected chi connectivity index (χ1v) is 6.74. The van der Waals surface area contributed by atoms with Gasteiger partial charge in [0, 0.05) is 13.0 Å². The van der Waals surface area contributed by atoms with Gasteiger partial charge in [0.25, 0.3) is 0 Å². The van der Waals surface area contributed by atoms with Crippen LogP contribution >= 0.6 is 15.9 Å². The third-order valence-electron chi connectivity index (χ3n) is 3.01. The topological polar surface area (TPSA) is 56.8 Å². The zero-order valence-electron chi connectivity index (χ0n) is 10.8. The fourth-order valence-corrected chi connectivity index (χ4v) is 2.45. The van der Waals surface area contributed by atoms with Crippen molar-refractivity contribution in [2.75, 3.05) is 20.8 Å². The highest BCUT2D eigenvalue weighted by Crippen LogP contribution is 2.30. The molecule has 1 aromatic carbocycles. The average Bonchev–Trinajstić information content (AvgIpc) is 2.88. The molecule has 1 aliphatic rings. The Bertz CT molecular complexity index is 466. The normalized spacial score (nSPS) is 22.1. The number of rotatable bonds is 4. The van der Waals surface area contributed by atoms with Gasteiger partial charge >= 0.3 is 5.97 Å². The maximum absolute atomic E-state index is 11.4. The van der Waals surface area contributed by atoms with E-state index in [0.717, 1.165) is 16.0 Å². The van der Waals surface area contributed by atoms with Gasteiger partial charge in [0.1, 0.15) is 23.6 Å². The highest BCUT2D eigenvalue weighted by molar-refractivity contribution is 9.10. The minimum absolute atomic E-state index is 0.0474. The molecule has 0 spiro atoms. The molecular formula is C13H16BrNO4. The summed E-state index contributed by atoms with van der Waals surface area (Å²) >= 11 is 3.44. The first-order chi connectivity index (χ1) is 9.13. The van der Waals surface area contributed by atoms with Gasteiger partial charge in [-0.1, -0.05) is 0 Å². The zero-order valence-corrected chi connectivity index (χ0v) is 12.4. The summed E-state index contributed by atoms with van der Waals surface area (Å²) in [6.07, 6.45) is 0.555. The van der Waals surface area contributed by atoms with Crippen LogP contribution in [-0.2, 0) is 9.53 Å². The summed E-state index contributed by atoms with van der Waals surface area (Å²) in [5.41, 5.74) is 0. The predicted octanol–water partition coefficient (Wildman–Crippen LogP) is 1.74. The van der Waals surface area contributed by atoms with Crippen LogP contribution in [0.2, 0.25) is 0 Å². The second-order valence-corrected chi connectivity index (χ2v) is 5.11. The van der Waals surface area contributed by atoms with E-state index >= 15 is 0 Å². The highest BCUT2D eigenvalue weighted by Gasteiger charge is 2.31. The molecule has 1 aromatic rings. The molecule has 1 heterocycles. The molecule has 104 valence electrons. The van der Waals surface area contributed by atoms with E-state index in [0.29, 0.717) is 13.0 Å². The molecule has 0 aromatic heterocycles. The van der Waals surface area contributed by atoms with Gasteiger partial charge in [-0.05, 0) is 34.1 Å². The van der Waals surface area contributed by atoms with Gasteiger partial charge in [-0.25, -0.2) is 0 Å². The minimum Gasteiger partial charge on any atom is -0.497 e. The van der Waals surface area contributed by atoms with Crippen LogP contribution in [0, 0.1) is 0 Å². The molecular weight excluding hydrogens is 314 g/mol. The van der Waals surface area contributed by atoms with E-state index in [1.54, 1.807) is 7.11 Å². The summed E-state index contributed by atoms with van der Waals surface area (Å²) in [6.45, 7) is 0.623. The number of nitrogens with one attached hydrogen (secondary N) is 1. The van der Waals surface area contributed by atoms with Crippen molar-refractivity contribution >= 4 is 21.9 Å². The van der Waals surface area contributed by atoms with Crippen LogP contribution in [-0.4, -0.2) is 38.9 Å². The van der Waals surface area contributed by atoms with Crippen molar-refractivity contribution < 1.29 is 19.0 Å². The third kappa shape index (κ3) is 3.39. The Hall–Kier alpha value is -1.27. The van der Waals surface area contributed by atoms with Crippen LogP contribution in [0.3, 0.4) is 0 Å². The Morgan fingerprint density at radius 2 is 2.21 bits per heavy atom. The van der Waals surface area contributed by atoms with Gasteiger partial charge in [0.05, 0.1) is 18.7 Å². The molecule has 1 saturated heterocycles. The number of esters is 1. The highest BCUT2D eigenvalue weighted by atomic mass is 79.9. The summed E-state index contributed by atoms with van der Waals surface area (Å²) in [4.78, 5) is 11.4. The number of benzene rings is 1. The third-order valence-corrected chi connectivity index (χ3v) is 3.63. The molecule has 0 unspecified atom stereocenters. The Balaban J connectivity index is 1.97. The summed E-state index contributed by atoms with van der Waals surface area (Å²) < 4.78 is 16.5. The second-order valence-electron chi connectivity index (χ2n) is 4.26. The van der Waals surface area contributed by atoms with Gasteiger partial charge in [0.15, 0.2) is 0 Å². The molecule has 0 amide bonds. The number of carbonyl (C=O) groups is 1. The number of carbonyl (C=O) groups excluding carboxylic acids is 1. The zero-order chi connectivity index (χ0) is 13.8. The maximum atomic E-state index is 11.4. The fourth-order valence-electron chi connectivity index (χ4n) is 2.00. The van der Waals surface area contributed by atoms with Crippen molar-refractivity contribution in [3.05, 3.63) is 22.7 Å². The van der Waals surface area contributed by atoms with Crippen LogP contribution in [0.25, 0.3) is 0 Å². The molecule has 1 fully saturated rings. The smallest absolute Gasteiger partial charge is 0.323 e. The fraction of sp³-hybridized carbons (Fsp3) is 0.462. The first kappa shape index (κ1) is 14.1. The SMILES string of the molecule is COC(=O)[C@@H]1C[C@H](Oc2ccc(OC)cc2Br)CN1. The van der Waals surface area contributed by atoms with E-state index in [9.17, 15) is 4.79 Å². The quantitative estimate of drug-likeness (QED) is 0.853. The number of hydrogen-bond donors (Lipinski definition) is 1. The molecule has 0 radical (unpaired) electrons. The number of hydrogen-bond acceptors (Lipinski definition) is 5. The monoisotopic (exact) mass is 329 g/mol. The van der Waals surface area contributed by atoms with E-state index in [2.05, 4.69) is 21.2 Å². The maximum Gasteiger partial charge on any atom is 0.323 e. The Labute approximate surface area is 120 Å². The summed E-state index contributed by atoms with van der Waals surface area (Å²) in [5.74, 6) is 1.24. The average molecular weight is 330 g/mol. The summed E-state index contributed by atoms with van der Waals surface area (Å²) in [7, 11) is 3.00. The van der Waals surface area contributed by atoms with E-state index < -0.39 is 0 Å². The number of halogens is 1. The Morgan fingerprint density at radius 3 is 2.84 bits per heavy atom. The van der Waals surface area contributed by atoms with Gasteiger partial charge in [-0.3, -0.25) is 4.79 Å². The lowest BCUT2D eigenvalue weighted by molar-refractivity contribution is -0.142. The molecule has 2 rings (SSSR count). The molecule has 19 heavy (non-hydrogen) atoms. The molecule has 6 heteroatoms. The summed E-state index contributed by atoms with van der Waals surface area (Å²) in [5, 5.41) is 3.08. The summed E-state index contributed by atoms with van der Waals surface area (Å²) in [6, 6.07) is 5.23. The van der Waals surface area contributed by atoms with Crippen molar-refractivity contribution in [3.63, 3.8) is 0 Å². The van der Waals surface area contributed by atoms with Crippen LogP contribution in [0.1, 0.15) is 6.42 Å². The molecule has 0 aliphatic carbocycles. The first-order valence-electron chi connectivity index (χ1n) is 5.95. The lowest BCUT2D eigenvalue weighted by Crippen LogP contribution is -2.31. The van der Waals surface area contributed by atoms with Crippen molar-refractivity contribution in [2.24, 2.45) is 0 Å².